The SMILES string of the molecule is CCNC(=O)[C@H](Cc1ccccc1)N(Cc1ccc(Br)cc1)C(=O)CCCN(c1ccc2c(c1)OCO2)S(C)(=O)=O. The smallest absolute Gasteiger partial charge is 0.243 e. The molecule has 0 bridgehead atoms. The van der Waals surface area contributed by atoms with Gasteiger partial charge < -0.3 is 19.7 Å². The van der Waals surface area contributed by atoms with Gasteiger partial charge in [0.2, 0.25) is 28.6 Å². The third-order valence-electron chi connectivity index (χ3n) is 6.68. The van der Waals surface area contributed by atoms with E-state index in [1.54, 1.807) is 23.1 Å². The molecule has 1 N–H and O–H groups in total. The molecule has 0 saturated heterocycles. The maximum atomic E-state index is 13.8. The van der Waals surface area contributed by atoms with Crippen LogP contribution in [-0.2, 0) is 32.6 Å². The highest BCUT2D eigenvalue weighted by molar-refractivity contribution is 9.10. The van der Waals surface area contributed by atoms with E-state index in [1.165, 1.54) is 4.31 Å². The molecule has 1 aliphatic heterocycles. The first kappa shape index (κ1) is 30.4. The minimum absolute atomic E-state index is 0.0534. The molecule has 9 nitrogen and oxygen atoms in total. The largest absolute Gasteiger partial charge is 0.454 e. The summed E-state index contributed by atoms with van der Waals surface area (Å²) < 4.78 is 38.3. The van der Waals surface area contributed by atoms with Gasteiger partial charge in [-0.15, -0.1) is 0 Å². The topological polar surface area (TPSA) is 105 Å². The molecule has 1 heterocycles. The molecule has 2 amide bonds. The highest BCUT2D eigenvalue weighted by Crippen LogP contribution is 2.36. The van der Waals surface area contributed by atoms with Gasteiger partial charge in [0, 0.05) is 43.0 Å². The number of likely N-dealkylation sites (N-methyl/N-ethyl adjacent to an activating group) is 1. The lowest BCUT2D eigenvalue weighted by molar-refractivity contribution is -0.141. The van der Waals surface area contributed by atoms with Crippen LogP contribution in [-0.4, -0.2) is 57.3 Å². The number of amides is 2. The van der Waals surface area contributed by atoms with Gasteiger partial charge >= 0.3 is 0 Å². The number of nitrogens with zero attached hydrogens (tertiary/aromatic N) is 2. The minimum atomic E-state index is -3.64. The summed E-state index contributed by atoms with van der Waals surface area (Å²) in [6.45, 7) is 2.67. The molecule has 218 valence electrons. The number of rotatable bonds is 13. The van der Waals surface area contributed by atoms with Gasteiger partial charge in [-0.1, -0.05) is 58.4 Å². The molecule has 1 atom stereocenters. The Kier molecular flexibility index (Phi) is 10.3. The van der Waals surface area contributed by atoms with Crippen LogP contribution in [0, 0.1) is 0 Å². The van der Waals surface area contributed by atoms with E-state index in [0.29, 0.717) is 30.2 Å². The summed E-state index contributed by atoms with van der Waals surface area (Å²) >= 11 is 3.44. The normalized spacial score (nSPS) is 13.0. The van der Waals surface area contributed by atoms with Crippen molar-refractivity contribution >= 4 is 43.5 Å². The first-order chi connectivity index (χ1) is 19.7. The van der Waals surface area contributed by atoms with E-state index in [9.17, 15) is 18.0 Å². The number of sulfonamides is 1. The van der Waals surface area contributed by atoms with Crippen molar-refractivity contribution in [2.75, 3.05) is 30.4 Å². The summed E-state index contributed by atoms with van der Waals surface area (Å²) in [5, 5.41) is 2.88. The van der Waals surface area contributed by atoms with Gasteiger partial charge in [-0.25, -0.2) is 8.42 Å². The van der Waals surface area contributed by atoms with Crippen LogP contribution < -0.4 is 19.1 Å². The zero-order valence-corrected chi connectivity index (χ0v) is 25.5. The zero-order chi connectivity index (χ0) is 29.4. The molecular formula is C30H34BrN3O6S. The molecule has 11 heteroatoms. The number of nitrogens with one attached hydrogen (secondary N) is 1. The number of fused-ring (bicyclic) bond motifs is 1. The standard InChI is InChI=1S/C30H34BrN3O6S/c1-3-32-30(36)26(18-22-8-5-4-6-9-22)33(20-23-11-13-24(31)14-12-23)29(35)10-7-17-34(41(2,37)38)25-15-16-27-28(19-25)40-21-39-27/h4-6,8-9,11-16,19,26H,3,7,10,17-18,20-21H2,1-2H3,(H,32,36)/t26-/m0/s1. The van der Waals surface area contributed by atoms with Crippen molar-refractivity contribution in [3.63, 3.8) is 0 Å². The van der Waals surface area contributed by atoms with E-state index in [4.69, 9.17) is 9.47 Å². The van der Waals surface area contributed by atoms with Gasteiger partial charge in [0.1, 0.15) is 6.04 Å². The van der Waals surface area contributed by atoms with E-state index < -0.39 is 16.1 Å². The fraction of sp³-hybridized carbons (Fsp3) is 0.333. The van der Waals surface area contributed by atoms with Crippen LogP contribution in [0.1, 0.15) is 30.9 Å². The lowest BCUT2D eigenvalue weighted by atomic mass is 10.0. The lowest BCUT2D eigenvalue weighted by Gasteiger charge is -2.32. The van der Waals surface area contributed by atoms with Gasteiger partial charge in [0.25, 0.3) is 0 Å². The molecule has 3 aromatic carbocycles. The van der Waals surface area contributed by atoms with Gasteiger partial charge in [-0.2, -0.15) is 0 Å². The number of carbonyl (C=O) groups is 2. The molecule has 0 aromatic heterocycles. The molecular weight excluding hydrogens is 610 g/mol. The highest BCUT2D eigenvalue weighted by Gasteiger charge is 2.30. The van der Waals surface area contributed by atoms with E-state index in [-0.39, 0.29) is 44.5 Å². The van der Waals surface area contributed by atoms with Gasteiger partial charge in [0.15, 0.2) is 11.5 Å². The van der Waals surface area contributed by atoms with E-state index in [0.717, 1.165) is 21.9 Å². The Bertz CT molecular complexity index is 1450. The van der Waals surface area contributed by atoms with Crippen LogP contribution in [0.4, 0.5) is 5.69 Å². The summed E-state index contributed by atoms with van der Waals surface area (Å²) in [5.41, 5.74) is 2.24. The summed E-state index contributed by atoms with van der Waals surface area (Å²) in [6, 6.07) is 21.4. The van der Waals surface area contributed by atoms with Crippen molar-refractivity contribution in [1.29, 1.82) is 0 Å². The molecule has 1 aliphatic rings. The highest BCUT2D eigenvalue weighted by atomic mass is 79.9. The Hall–Kier alpha value is -3.57. The van der Waals surface area contributed by atoms with Gasteiger partial charge in [0.05, 0.1) is 11.9 Å². The maximum Gasteiger partial charge on any atom is 0.243 e. The fourth-order valence-electron chi connectivity index (χ4n) is 4.68. The van der Waals surface area contributed by atoms with Crippen molar-refractivity contribution in [2.24, 2.45) is 0 Å². The van der Waals surface area contributed by atoms with Crippen molar-refractivity contribution in [2.45, 2.75) is 38.8 Å². The molecule has 0 fully saturated rings. The third-order valence-corrected chi connectivity index (χ3v) is 8.41. The average Bonchev–Trinajstić information content (AvgIpc) is 3.42. The fourth-order valence-corrected chi connectivity index (χ4v) is 5.90. The Morgan fingerprint density at radius 1 is 0.976 bits per heavy atom. The number of carbonyl (C=O) groups excluding carboxylic acids is 2. The van der Waals surface area contributed by atoms with Crippen LogP contribution in [0.15, 0.2) is 77.3 Å². The van der Waals surface area contributed by atoms with Crippen molar-refractivity contribution < 1.29 is 27.5 Å². The predicted octanol–water partition coefficient (Wildman–Crippen LogP) is 4.50. The molecule has 0 radical (unpaired) electrons. The predicted molar refractivity (Wildman–Crippen MR) is 161 cm³/mol. The minimum Gasteiger partial charge on any atom is -0.454 e. The molecule has 0 aliphatic carbocycles. The molecule has 3 aromatic rings. The Labute approximate surface area is 249 Å². The van der Waals surface area contributed by atoms with Gasteiger partial charge in [-0.05, 0) is 48.7 Å². The Morgan fingerprint density at radius 2 is 1.68 bits per heavy atom. The zero-order valence-electron chi connectivity index (χ0n) is 23.1. The van der Waals surface area contributed by atoms with E-state index in [1.807, 2.05) is 61.5 Å². The molecule has 0 unspecified atom stereocenters. The summed E-state index contributed by atoms with van der Waals surface area (Å²) in [5.74, 6) is 0.550. The van der Waals surface area contributed by atoms with Crippen LogP contribution >= 0.6 is 15.9 Å². The monoisotopic (exact) mass is 643 g/mol. The Balaban J connectivity index is 1.55. The molecule has 0 spiro atoms. The first-order valence-corrected chi connectivity index (χ1v) is 16.0. The van der Waals surface area contributed by atoms with Crippen LogP contribution in [0.25, 0.3) is 0 Å². The van der Waals surface area contributed by atoms with Crippen molar-refractivity contribution in [3.8, 4) is 11.5 Å². The van der Waals surface area contributed by atoms with Gasteiger partial charge in [-0.3, -0.25) is 13.9 Å². The molecule has 41 heavy (non-hydrogen) atoms. The lowest BCUT2D eigenvalue weighted by Crippen LogP contribution is -2.50. The van der Waals surface area contributed by atoms with Crippen LogP contribution in [0.5, 0.6) is 11.5 Å². The van der Waals surface area contributed by atoms with Crippen LogP contribution in [0.3, 0.4) is 0 Å². The van der Waals surface area contributed by atoms with E-state index >= 15 is 0 Å². The first-order valence-electron chi connectivity index (χ1n) is 13.4. The number of hydrogen-bond donors (Lipinski definition) is 1. The second-order valence-corrected chi connectivity index (χ2v) is 12.5. The number of hydrogen-bond acceptors (Lipinski definition) is 6. The molecule has 4 rings (SSSR count). The number of benzene rings is 3. The maximum absolute atomic E-state index is 13.8. The third kappa shape index (κ3) is 8.23. The molecule has 0 saturated carbocycles. The second kappa shape index (κ2) is 13.9. The summed E-state index contributed by atoms with van der Waals surface area (Å²) in [4.78, 5) is 28.7. The Morgan fingerprint density at radius 3 is 2.37 bits per heavy atom. The summed E-state index contributed by atoms with van der Waals surface area (Å²) in [7, 11) is -3.64. The van der Waals surface area contributed by atoms with Crippen LogP contribution in [0.2, 0.25) is 0 Å². The summed E-state index contributed by atoms with van der Waals surface area (Å²) in [6.07, 6.45) is 1.79. The number of anilines is 1. The number of ether oxygens (including phenoxy) is 2. The van der Waals surface area contributed by atoms with E-state index in [2.05, 4.69) is 21.2 Å². The van der Waals surface area contributed by atoms with Crippen molar-refractivity contribution in [1.82, 2.24) is 10.2 Å². The number of halogens is 1. The second-order valence-electron chi connectivity index (χ2n) is 9.72. The van der Waals surface area contributed by atoms with Crippen molar-refractivity contribution in [3.05, 3.63) is 88.4 Å². The average molecular weight is 645 g/mol. The quantitative estimate of drug-likeness (QED) is 0.294.